The number of nitrogens with zero attached hydrogens (tertiary/aromatic N) is 1. The van der Waals surface area contributed by atoms with Crippen LogP contribution in [0.25, 0.3) is 0 Å². The first-order valence-corrected chi connectivity index (χ1v) is 9.75. The van der Waals surface area contributed by atoms with Crippen LogP contribution in [0.2, 0.25) is 0 Å². The Morgan fingerprint density at radius 1 is 1.09 bits per heavy atom. The SMILES string of the molecule is CN(C)C1CCC(C2NOC(C3CCC[NH+]3C3CCC3)N2)C[NH2+]1. The van der Waals surface area contributed by atoms with Gasteiger partial charge in [0.25, 0.3) is 0 Å². The van der Waals surface area contributed by atoms with E-state index in [1.165, 1.54) is 58.0 Å². The van der Waals surface area contributed by atoms with Gasteiger partial charge in [-0.1, -0.05) is 0 Å². The fraction of sp³-hybridized carbons (Fsp3) is 1.00. The monoisotopic (exact) mass is 325 g/mol. The highest BCUT2D eigenvalue weighted by atomic mass is 16.7. The van der Waals surface area contributed by atoms with Gasteiger partial charge in [-0.05, 0) is 39.8 Å². The molecule has 5 N–H and O–H groups in total. The van der Waals surface area contributed by atoms with E-state index in [0.29, 0.717) is 24.3 Å². The highest BCUT2D eigenvalue weighted by Gasteiger charge is 2.46. The summed E-state index contributed by atoms with van der Waals surface area (Å²) < 4.78 is 0. The van der Waals surface area contributed by atoms with Crippen molar-refractivity contribution in [3.63, 3.8) is 0 Å². The van der Waals surface area contributed by atoms with Crippen molar-refractivity contribution in [2.45, 2.75) is 75.6 Å². The van der Waals surface area contributed by atoms with Gasteiger partial charge in [-0.15, -0.1) is 0 Å². The van der Waals surface area contributed by atoms with Gasteiger partial charge in [0.1, 0.15) is 12.2 Å². The van der Waals surface area contributed by atoms with Crippen molar-refractivity contribution in [1.82, 2.24) is 15.7 Å². The molecule has 1 aliphatic carbocycles. The quantitative estimate of drug-likeness (QED) is 0.494. The minimum absolute atomic E-state index is 0.213. The molecule has 132 valence electrons. The smallest absolute Gasteiger partial charge is 0.183 e. The third-order valence-corrected chi connectivity index (χ3v) is 6.80. The first kappa shape index (κ1) is 16.2. The molecule has 6 unspecified atom stereocenters. The van der Waals surface area contributed by atoms with Crippen LogP contribution in [0.5, 0.6) is 0 Å². The van der Waals surface area contributed by atoms with Crippen LogP contribution in [0, 0.1) is 5.92 Å². The largest absolute Gasteiger partial charge is 0.331 e. The van der Waals surface area contributed by atoms with E-state index in [9.17, 15) is 0 Å². The molecule has 3 aliphatic heterocycles. The number of hydrogen-bond donors (Lipinski definition) is 4. The molecule has 4 rings (SSSR count). The predicted octanol–water partition coefficient (Wildman–Crippen LogP) is -1.78. The molecule has 0 aromatic carbocycles. The molecule has 4 aliphatic rings. The third kappa shape index (κ3) is 3.30. The molecule has 3 heterocycles. The van der Waals surface area contributed by atoms with Crippen molar-refractivity contribution in [3.05, 3.63) is 0 Å². The van der Waals surface area contributed by atoms with Crippen LogP contribution in [0.3, 0.4) is 0 Å². The Hall–Kier alpha value is -0.240. The zero-order valence-electron chi connectivity index (χ0n) is 14.8. The van der Waals surface area contributed by atoms with Crippen LogP contribution >= 0.6 is 0 Å². The Balaban J connectivity index is 1.29. The van der Waals surface area contributed by atoms with Crippen LogP contribution in [-0.2, 0) is 4.84 Å². The van der Waals surface area contributed by atoms with E-state index in [2.05, 4.69) is 35.1 Å². The second-order valence-corrected chi connectivity index (χ2v) is 8.34. The molecule has 6 atom stereocenters. The number of likely N-dealkylation sites (tertiary alicyclic amines) is 1. The normalized spacial score (nSPS) is 45.5. The molecular weight excluding hydrogens is 290 g/mol. The predicted molar refractivity (Wildman–Crippen MR) is 88.4 cm³/mol. The second-order valence-electron chi connectivity index (χ2n) is 8.34. The van der Waals surface area contributed by atoms with Gasteiger partial charge in [-0.3, -0.25) is 15.1 Å². The minimum atomic E-state index is 0.213. The topological polar surface area (TPSA) is 57.6 Å². The Labute approximate surface area is 140 Å². The molecule has 0 aromatic heterocycles. The molecule has 0 bridgehead atoms. The van der Waals surface area contributed by atoms with E-state index in [0.717, 1.165) is 6.04 Å². The van der Waals surface area contributed by atoms with Crippen LogP contribution in [-0.4, -0.2) is 62.7 Å². The number of quaternary nitrogens is 2. The van der Waals surface area contributed by atoms with Gasteiger partial charge in [0.05, 0.1) is 25.3 Å². The summed E-state index contributed by atoms with van der Waals surface area (Å²) >= 11 is 0. The minimum Gasteiger partial charge on any atom is -0.331 e. The number of rotatable bonds is 4. The molecular formula is C17H35N5O+2. The lowest BCUT2D eigenvalue weighted by atomic mass is 9.90. The molecule has 6 heteroatoms. The van der Waals surface area contributed by atoms with Gasteiger partial charge < -0.3 is 10.2 Å². The van der Waals surface area contributed by atoms with Gasteiger partial charge in [0.15, 0.2) is 6.23 Å². The van der Waals surface area contributed by atoms with E-state index in [-0.39, 0.29) is 6.23 Å². The Morgan fingerprint density at radius 3 is 2.61 bits per heavy atom. The summed E-state index contributed by atoms with van der Waals surface area (Å²) in [5.74, 6) is 0.671. The van der Waals surface area contributed by atoms with E-state index < -0.39 is 0 Å². The van der Waals surface area contributed by atoms with Crippen molar-refractivity contribution in [1.29, 1.82) is 0 Å². The standard InChI is InChI=1S/C17H33N5O/c1-21(2)15-9-8-12(11-18-15)16-19-17(23-20-16)14-7-4-10-22(14)13-5-3-6-13/h12-20H,3-11H2,1-2H3/p+2. The van der Waals surface area contributed by atoms with Crippen LogP contribution < -0.4 is 21.0 Å². The summed E-state index contributed by atoms with van der Waals surface area (Å²) in [7, 11) is 4.37. The highest BCUT2D eigenvalue weighted by molar-refractivity contribution is 4.85. The first-order chi connectivity index (χ1) is 11.2. The maximum atomic E-state index is 6.02. The van der Waals surface area contributed by atoms with E-state index in [4.69, 9.17) is 4.84 Å². The number of hydrogen-bond acceptors (Lipinski definition) is 4. The lowest BCUT2D eigenvalue weighted by molar-refractivity contribution is -0.946. The molecule has 3 saturated heterocycles. The maximum Gasteiger partial charge on any atom is 0.183 e. The fourth-order valence-electron chi connectivity index (χ4n) is 5.08. The lowest BCUT2D eigenvalue weighted by Gasteiger charge is -2.37. The third-order valence-electron chi connectivity index (χ3n) is 6.80. The van der Waals surface area contributed by atoms with Gasteiger partial charge in [-0.2, -0.15) is 5.48 Å². The van der Waals surface area contributed by atoms with Gasteiger partial charge >= 0.3 is 0 Å². The summed E-state index contributed by atoms with van der Waals surface area (Å²) in [5, 5.41) is 6.28. The molecule has 23 heavy (non-hydrogen) atoms. The Bertz CT molecular complexity index is 394. The van der Waals surface area contributed by atoms with Gasteiger partial charge in [0.2, 0.25) is 0 Å². The molecule has 0 spiro atoms. The highest BCUT2D eigenvalue weighted by Crippen LogP contribution is 2.22. The molecule has 0 radical (unpaired) electrons. The van der Waals surface area contributed by atoms with Crippen molar-refractivity contribution < 1.29 is 15.1 Å². The van der Waals surface area contributed by atoms with E-state index in [1.807, 2.05) is 4.90 Å². The average molecular weight is 326 g/mol. The van der Waals surface area contributed by atoms with Crippen LogP contribution in [0.15, 0.2) is 0 Å². The zero-order chi connectivity index (χ0) is 15.8. The summed E-state index contributed by atoms with van der Waals surface area (Å²) in [5.41, 5.74) is 3.33. The average Bonchev–Trinajstić information content (AvgIpc) is 3.14. The zero-order valence-corrected chi connectivity index (χ0v) is 14.8. The van der Waals surface area contributed by atoms with Crippen molar-refractivity contribution >= 4 is 0 Å². The molecule has 1 saturated carbocycles. The second kappa shape index (κ2) is 6.94. The Morgan fingerprint density at radius 2 is 1.96 bits per heavy atom. The maximum absolute atomic E-state index is 6.02. The van der Waals surface area contributed by atoms with E-state index >= 15 is 0 Å². The Kier molecular flexibility index (Phi) is 4.90. The number of nitrogens with two attached hydrogens (primary N) is 1. The van der Waals surface area contributed by atoms with Crippen molar-refractivity contribution in [2.75, 3.05) is 27.2 Å². The summed E-state index contributed by atoms with van der Waals surface area (Å²) in [6, 6.07) is 1.57. The van der Waals surface area contributed by atoms with Gasteiger partial charge in [-0.25, -0.2) is 0 Å². The first-order valence-electron chi connectivity index (χ1n) is 9.75. The number of nitrogens with one attached hydrogen (secondary N) is 3. The molecule has 0 amide bonds. The number of piperidine rings is 1. The van der Waals surface area contributed by atoms with Crippen molar-refractivity contribution in [2.24, 2.45) is 5.92 Å². The molecule has 6 nitrogen and oxygen atoms in total. The van der Waals surface area contributed by atoms with Gasteiger partial charge in [0, 0.05) is 25.2 Å². The van der Waals surface area contributed by atoms with Crippen molar-refractivity contribution in [3.8, 4) is 0 Å². The summed E-state index contributed by atoms with van der Waals surface area (Å²) in [6.07, 6.45) is 10.7. The number of hydroxylamine groups is 1. The molecule has 0 aromatic rings. The summed E-state index contributed by atoms with van der Waals surface area (Å²) in [4.78, 5) is 10.2. The summed E-state index contributed by atoms with van der Waals surface area (Å²) in [6.45, 7) is 2.54. The van der Waals surface area contributed by atoms with E-state index in [1.54, 1.807) is 0 Å². The van der Waals surface area contributed by atoms with Crippen LogP contribution in [0.1, 0.15) is 44.9 Å². The molecule has 4 fully saturated rings. The lowest BCUT2D eigenvalue weighted by Crippen LogP contribution is -3.19. The fourth-order valence-corrected chi connectivity index (χ4v) is 5.08. The van der Waals surface area contributed by atoms with Crippen LogP contribution in [0.4, 0.5) is 0 Å².